The molecule has 1 aromatic heterocycles. The van der Waals surface area contributed by atoms with E-state index < -0.39 is 0 Å². The molecule has 0 bridgehead atoms. The lowest BCUT2D eigenvalue weighted by Gasteiger charge is -2.06. The maximum absolute atomic E-state index is 5.04. The third-order valence-corrected chi connectivity index (χ3v) is 6.32. The van der Waals surface area contributed by atoms with Crippen LogP contribution in [0.15, 0.2) is 140 Å². The first-order valence-corrected chi connectivity index (χ1v) is 12.3. The molecular weight excluding hydrogens is 448 g/mol. The molecule has 2 nitrogen and oxygen atoms in total. The molecule has 0 saturated heterocycles. The van der Waals surface area contributed by atoms with E-state index in [-0.39, 0.29) is 0 Å². The average molecular weight is 473 g/mol. The van der Waals surface area contributed by atoms with Crippen molar-refractivity contribution < 1.29 is 0 Å². The Labute approximate surface area is 217 Å². The van der Waals surface area contributed by atoms with Crippen molar-refractivity contribution in [3.05, 3.63) is 151 Å². The fourth-order valence-corrected chi connectivity index (χ4v) is 4.36. The fourth-order valence-electron chi connectivity index (χ4n) is 4.36. The van der Waals surface area contributed by atoms with Gasteiger partial charge in [-0.05, 0) is 35.4 Å². The molecule has 0 atom stereocenters. The van der Waals surface area contributed by atoms with E-state index in [1.54, 1.807) is 0 Å². The van der Waals surface area contributed by atoms with Gasteiger partial charge in [0.25, 0.3) is 0 Å². The van der Waals surface area contributed by atoms with Crippen LogP contribution < -0.4 is 0 Å². The van der Waals surface area contributed by atoms with Crippen molar-refractivity contribution in [2.75, 3.05) is 0 Å². The van der Waals surface area contributed by atoms with Crippen LogP contribution in [-0.4, -0.2) is 9.97 Å². The zero-order chi connectivity index (χ0) is 24.9. The number of nitrogens with one attached hydrogen (secondary N) is 1. The molecular formula is C35H24N2. The van der Waals surface area contributed by atoms with Crippen molar-refractivity contribution in [3.63, 3.8) is 0 Å². The number of H-pyrrole nitrogens is 1. The first-order valence-electron chi connectivity index (χ1n) is 12.3. The van der Waals surface area contributed by atoms with Crippen LogP contribution in [0.25, 0.3) is 45.0 Å². The molecule has 0 fully saturated rings. The lowest BCUT2D eigenvalue weighted by atomic mass is 10.0. The van der Waals surface area contributed by atoms with Crippen LogP contribution >= 0.6 is 0 Å². The highest BCUT2D eigenvalue weighted by atomic mass is 14.9. The van der Waals surface area contributed by atoms with E-state index in [1.165, 1.54) is 11.1 Å². The zero-order valence-corrected chi connectivity index (χ0v) is 20.2. The summed E-state index contributed by atoms with van der Waals surface area (Å²) in [5.41, 5.74) is 9.53. The van der Waals surface area contributed by atoms with Gasteiger partial charge in [0.15, 0.2) is 0 Å². The summed E-state index contributed by atoms with van der Waals surface area (Å²) in [6.07, 6.45) is 0. The minimum Gasteiger partial charge on any atom is -0.337 e. The number of hydrogen-bond donors (Lipinski definition) is 1. The van der Waals surface area contributed by atoms with E-state index in [9.17, 15) is 0 Å². The number of benzene rings is 5. The van der Waals surface area contributed by atoms with E-state index in [0.717, 1.165) is 45.0 Å². The molecule has 37 heavy (non-hydrogen) atoms. The Kier molecular flexibility index (Phi) is 6.18. The Bertz CT molecular complexity index is 1670. The third-order valence-electron chi connectivity index (χ3n) is 6.32. The molecule has 0 aliphatic carbocycles. The molecule has 1 heterocycles. The van der Waals surface area contributed by atoms with Gasteiger partial charge < -0.3 is 4.98 Å². The smallest absolute Gasteiger partial charge is 0.138 e. The summed E-state index contributed by atoms with van der Waals surface area (Å²) < 4.78 is 0. The van der Waals surface area contributed by atoms with Gasteiger partial charge >= 0.3 is 0 Å². The summed E-state index contributed by atoms with van der Waals surface area (Å²) in [5.74, 6) is 7.30. The van der Waals surface area contributed by atoms with Crippen molar-refractivity contribution in [3.8, 4) is 56.9 Å². The molecule has 1 N–H and O–H groups in total. The SMILES string of the molecule is C(#Cc1ccc(-c2nc(-c3ccccc3)c(-c3ccc(-c4ccccc4)cc3)[nH]2)cc1)c1ccccc1. The second kappa shape index (κ2) is 10.2. The number of nitrogens with zero attached hydrogens (tertiary/aromatic N) is 1. The standard InChI is InChI=1S/C35H24N2/c1-4-10-26(11-5-1)16-17-27-18-20-32(21-19-27)35-36-33(30-14-8-3-9-15-30)34(37-35)31-24-22-29(23-25-31)28-12-6-2-7-13-28/h1-15,18-25H,(H,36,37). The molecule has 2 heteroatoms. The maximum atomic E-state index is 5.04. The number of aromatic nitrogens is 2. The number of aromatic amines is 1. The van der Waals surface area contributed by atoms with Gasteiger partial charge in [-0.15, -0.1) is 0 Å². The molecule has 0 amide bonds. The predicted octanol–water partition coefficient (Wildman–Crippen LogP) is 8.48. The maximum Gasteiger partial charge on any atom is 0.138 e. The highest BCUT2D eigenvalue weighted by Crippen LogP contribution is 2.34. The van der Waals surface area contributed by atoms with Gasteiger partial charge in [0.2, 0.25) is 0 Å². The summed E-state index contributed by atoms with van der Waals surface area (Å²) >= 11 is 0. The number of hydrogen-bond acceptors (Lipinski definition) is 1. The minimum atomic E-state index is 0.837. The Morgan fingerprint density at radius 2 is 0.865 bits per heavy atom. The molecule has 0 spiro atoms. The van der Waals surface area contributed by atoms with Crippen molar-refractivity contribution in [1.82, 2.24) is 9.97 Å². The molecule has 5 aromatic carbocycles. The lowest BCUT2D eigenvalue weighted by molar-refractivity contribution is 1.31. The molecule has 0 radical (unpaired) electrons. The Hall–Kier alpha value is -5.13. The van der Waals surface area contributed by atoms with Gasteiger partial charge in [-0.3, -0.25) is 0 Å². The van der Waals surface area contributed by atoms with Crippen LogP contribution in [0, 0.1) is 11.8 Å². The van der Waals surface area contributed by atoms with Crippen LogP contribution in [0.5, 0.6) is 0 Å². The summed E-state index contributed by atoms with van der Waals surface area (Å²) in [7, 11) is 0. The molecule has 0 aliphatic rings. The minimum absolute atomic E-state index is 0.837. The van der Waals surface area contributed by atoms with E-state index in [2.05, 4.69) is 89.6 Å². The van der Waals surface area contributed by atoms with Crippen molar-refractivity contribution >= 4 is 0 Å². The molecule has 0 aliphatic heterocycles. The normalized spacial score (nSPS) is 10.5. The van der Waals surface area contributed by atoms with Gasteiger partial charge in [0.05, 0.1) is 11.4 Å². The van der Waals surface area contributed by atoms with E-state index >= 15 is 0 Å². The van der Waals surface area contributed by atoms with Crippen molar-refractivity contribution in [2.24, 2.45) is 0 Å². The topological polar surface area (TPSA) is 28.7 Å². The molecule has 0 saturated carbocycles. The third kappa shape index (κ3) is 4.98. The Morgan fingerprint density at radius 1 is 0.405 bits per heavy atom. The monoisotopic (exact) mass is 472 g/mol. The summed E-state index contributed by atoms with van der Waals surface area (Å²) in [6.45, 7) is 0. The fraction of sp³-hybridized carbons (Fsp3) is 0. The van der Waals surface area contributed by atoms with Gasteiger partial charge in [0.1, 0.15) is 5.82 Å². The van der Waals surface area contributed by atoms with E-state index in [0.29, 0.717) is 0 Å². The Balaban J connectivity index is 1.35. The van der Waals surface area contributed by atoms with Crippen LogP contribution in [-0.2, 0) is 0 Å². The second-order valence-corrected chi connectivity index (χ2v) is 8.81. The van der Waals surface area contributed by atoms with Crippen LogP contribution in [0.2, 0.25) is 0 Å². The van der Waals surface area contributed by atoms with Gasteiger partial charge in [-0.25, -0.2) is 4.98 Å². The van der Waals surface area contributed by atoms with Crippen LogP contribution in [0.4, 0.5) is 0 Å². The first kappa shape index (κ1) is 22.3. The lowest BCUT2D eigenvalue weighted by Crippen LogP contribution is -1.84. The molecule has 6 rings (SSSR count). The van der Waals surface area contributed by atoms with E-state index in [4.69, 9.17) is 4.98 Å². The summed E-state index contributed by atoms with van der Waals surface area (Å²) in [6, 6.07) is 47.7. The van der Waals surface area contributed by atoms with Crippen LogP contribution in [0.1, 0.15) is 11.1 Å². The largest absolute Gasteiger partial charge is 0.337 e. The molecule has 174 valence electrons. The number of rotatable bonds is 4. The summed E-state index contributed by atoms with van der Waals surface area (Å²) in [4.78, 5) is 8.64. The van der Waals surface area contributed by atoms with Gasteiger partial charge in [0, 0.05) is 27.8 Å². The first-order chi connectivity index (χ1) is 18.3. The van der Waals surface area contributed by atoms with E-state index in [1.807, 2.05) is 66.7 Å². The second-order valence-electron chi connectivity index (χ2n) is 8.81. The number of imidazole rings is 1. The highest BCUT2D eigenvalue weighted by Gasteiger charge is 2.15. The van der Waals surface area contributed by atoms with Crippen molar-refractivity contribution in [1.29, 1.82) is 0 Å². The van der Waals surface area contributed by atoms with Gasteiger partial charge in [-0.1, -0.05) is 127 Å². The zero-order valence-electron chi connectivity index (χ0n) is 20.2. The van der Waals surface area contributed by atoms with Gasteiger partial charge in [-0.2, -0.15) is 0 Å². The Morgan fingerprint density at radius 3 is 1.49 bits per heavy atom. The molecule has 0 unspecified atom stereocenters. The highest BCUT2D eigenvalue weighted by molar-refractivity contribution is 5.82. The van der Waals surface area contributed by atoms with Crippen LogP contribution in [0.3, 0.4) is 0 Å². The van der Waals surface area contributed by atoms with Crippen molar-refractivity contribution in [2.45, 2.75) is 0 Å². The quantitative estimate of drug-likeness (QED) is 0.256. The predicted molar refractivity (Wildman–Crippen MR) is 153 cm³/mol. The average Bonchev–Trinajstić information content (AvgIpc) is 3.44. The summed E-state index contributed by atoms with van der Waals surface area (Å²) in [5, 5.41) is 0. The molecule has 6 aromatic rings.